The van der Waals surface area contributed by atoms with Crippen molar-refractivity contribution in [2.75, 3.05) is 152 Å². The highest BCUT2D eigenvalue weighted by Crippen LogP contribution is 2.41. The molecule has 4 amide bonds. The largest absolute Gasteiger partial charge is 0.378 e. The second-order valence-electron chi connectivity index (χ2n) is 15.7. The van der Waals surface area contributed by atoms with Crippen LogP contribution in [0.3, 0.4) is 0 Å². The molecule has 0 spiro atoms. The topological polar surface area (TPSA) is 201 Å². The van der Waals surface area contributed by atoms with Crippen molar-refractivity contribution in [2.45, 2.75) is 51.2 Å². The fraction of sp³-hybridized carbons (Fsp3) is 0.767. The van der Waals surface area contributed by atoms with Gasteiger partial charge in [-0.15, -0.1) is 0 Å². The Morgan fingerprint density at radius 3 is 1.97 bits per heavy atom. The summed E-state index contributed by atoms with van der Waals surface area (Å²) in [5, 5.41) is 14.8. The second kappa shape index (κ2) is 32.1. The first-order chi connectivity index (χ1) is 30.1. The number of hydrogen-bond donors (Lipinski definition) is 6. The third kappa shape index (κ3) is 21.4. The lowest BCUT2D eigenvalue weighted by atomic mass is 9.73. The number of urea groups is 2. The molecule has 3 unspecified atom stereocenters. The molecular formula is C43H78ClN9O8S. The lowest BCUT2D eigenvalue weighted by molar-refractivity contribution is 0.0462. The van der Waals surface area contributed by atoms with Gasteiger partial charge in [-0.3, -0.25) is 0 Å². The number of fused-ring (bicyclic) bond motifs is 1. The van der Waals surface area contributed by atoms with E-state index in [1.54, 1.807) is 0 Å². The Labute approximate surface area is 377 Å². The van der Waals surface area contributed by atoms with Crippen molar-refractivity contribution in [3.8, 4) is 0 Å². The van der Waals surface area contributed by atoms with E-state index in [9.17, 15) is 18.0 Å². The van der Waals surface area contributed by atoms with Crippen LogP contribution < -0.4 is 32.3 Å². The number of allylic oxidation sites excluding steroid dienone is 5. The third-order valence-electron chi connectivity index (χ3n) is 10.9. The second-order valence-corrected chi connectivity index (χ2v) is 18.3. The predicted molar refractivity (Wildman–Crippen MR) is 247 cm³/mol. The van der Waals surface area contributed by atoms with Crippen LogP contribution in [0.5, 0.6) is 0 Å². The van der Waals surface area contributed by atoms with Gasteiger partial charge in [0.25, 0.3) is 0 Å². The fourth-order valence-corrected chi connectivity index (χ4v) is 9.64. The number of piperidine rings is 1. The molecule has 3 atom stereocenters. The quantitative estimate of drug-likeness (QED) is 0.0516. The maximum atomic E-state index is 13.8. The monoisotopic (exact) mass is 916 g/mol. The number of hydrogen-bond acceptors (Lipinski definition) is 12. The molecule has 0 radical (unpaired) electrons. The number of ether oxygens (including phenoxy) is 4. The Bertz CT molecular complexity index is 1520. The summed E-state index contributed by atoms with van der Waals surface area (Å²) in [6.07, 6.45) is 13.9. The van der Waals surface area contributed by atoms with E-state index in [0.29, 0.717) is 91.9 Å². The van der Waals surface area contributed by atoms with Gasteiger partial charge >= 0.3 is 12.1 Å². The third-order valence-corrected chi connectivity index (χ3v) is 13.4. The van der Waals surface area contributed by atoms with E-state index in [1.807, 2.05) is 25.2 Å². The van der Waals surface area contributed by atoms with Gasteiger partial charge in [0.15, 0.2) is 0 Å². The molecule has 17 nitrogen and oxygen atoms in total. The van der Waals surface area contributed by atoms with Crippen LogP contribution in [0.15, 0.2) is 46.6 Å². The molecule has 3 rings (SSSR count). The van der Waals surface area contributed by atoms with Crippen LogP contribution in [0.2, 0.25) is 0 Å². The Morgan fingerprint density at radius 1 is 0.790 bits per heavy atom. The SMILES string of the molecule is CCNCCOCCOCCNC(=O)NCCCN(CCCN)CCCNC(=O)NCCOCCOCCN(CC)S(=O)(=O)C1C=C(C2CN(C)CC3=CC=C(Cl)CC32)C=CC1. The predicted octanol–water partition coefficient (Wildman–Crippen LogP) is 2.23. The molecular weight excluding hydrogens is 838 g/mol. The first-order valence-corrected chi connectivity index (χ1v) is 24.5. The molecule has 3 aliphatic rings. The number of amides is 4. The minimum atomic E-state index is -3.59. The summed E-state index contributed by atoms with van der Waals surface area (Å²) >= 11 is 6.44. The average Bonchev–Trinajstić information content (AvgIpc) is 3.26. The van der Waals surface area contributed by atoms with Crippen molar-refractivity contribution in [1.82, 2.24) is 40.7 Å². The maximum absolute atomic E-state index is 13.8. The van der Waals surface area contributed by atoms with E-state index in [4.69, 9.17) is 36.3 Å². The van der Waals surface area contributed by atoms with Gasteiger partial charge in [0, 0.05) is 69.9 Å². The molecule has 1 aliphatic heterocycles. The number of carbonyl (C=O) groups excluding carboxylic acids is 2. The van der Waals surface area contributed by atoms with Crippen LogP contribution in [0.1, 0.15) is 46.0 Å². The lowest BCUT2D eigenvalue weighted by Crippen LogP contribution is -2.43. The molecule has 0 saturated carbocycles. The van der Waals surface area contributed by atoms with Crippen LogP contribution in [-0.2, 0) is 29.0 Å². The maximum Gasteiger partial charge on any atom is 0.314 e. The average molecular weight is 917 g/mol. The summed E-state index contributed by atoms with van der Waals surface area (Å²) in [4.78, 5) is 29.0. The molecule has 62 heavy (non-hydrogen) atoms. The number of rotatable bonds is 34. The van der Waals surface area contributed by atoms with Gasteiger partial charge in [-0.2, -0.15) is 4.31 Å². The van der Waals surface area contributed by atoms with Crippen molar-refractivity contribution < 1.29 is 37.0 Å². The number of carbonyl (C=O) groups is 2. The van der Waals surface area contributed by atoms with Crippen molar-refractivity contribution in [1.29, 1.82) is 0 Å². The van der Waals surface area contributed by atoms with E-state index < -0.39 is 15.3 Å². The highest BCUT2D eigenvalue weighted by molar-refractivity contribution is 7.89. The summed E-state index contributed by atoms with van der Waals surface area (Å²) in [7, 11) is -1.48. The van der Waals surface area contributed by atoms with Crippen LogP contribution in [-0.4, -0.2) is 191 Å². The van der Waals surface area contributed by atoms with Crippen LogP contribution in [0, 0.1) is 11.8 Å². The van der Waals surface area contributed by atoms with Crippen LogP contribution in [0.25, 0.3) is 0 Å². The summed E-state index contributed by atoms with van der Waals surface area (Å²) < 4.78 is 51.3. The normalized spacial score (nSPS) is 19.2. The van der Waals surface area contributed by atoms with E-state index in [2.05, 4.69) is 62.5 Å². The number of nitrogens with one attached hydrogen (secondary N) is 5. The first kappa shape index (κ1) is 53.7. The van der Waals surface area contributed by atoms with Crippen molar-refractivity contribution >= 4 is 33.7 Å². The smallest absolute Gasteiger partial charge is 0.314 e. The highest BCUT2D eigenvalue weighted by atomic mass is 35.5. The van der Waals surface area contributed by atoms with Gasteiger partial charge < -0.3 is 61.1 Å². The Kier molecular flexibility index (Phi) is 27.8. The fourth-order valence-electron chi connectivity index (χ4n) is 7.66. The van der Waals surface area contributed by atoms with Crippen LogP contribution >= 0.6 is 11.6 Å². The molecule has 2 aliphatic carbocycles. The molecule has 0 aromatic carbocycles. The van der Waals surface area contributed by atoms with Gasteiger partial charge in [0.05, 0.1) is 58.1 Å². The van der Waals surface area contributed by atoms with Gasteiger partial charge in [-0.05, 0) is 89.4 Å². The zero-order valence-corrected chi connectivity index (χ0v) is 39.3. The van der Waals surface area contributed by atoms with Crippen molar-refractivity contribution in [3.05, 3.63) is 46.6 Å². The van der Waals surface area contributed by atoms with Gasteiger partial charge in [0.1, 0.15) is 0 Å². The minimum Gasteiger partial charge on any atom is -0.378 e. The number of nitrogens with two attached hydrogens (primary N) is 1. The molecule has 7 N–H and O–H groups in total. The Balaban J connectivity index is 1.20. The molecule has 0 aromatic heterocycles. The summed E-state index contributed by atoms with van der Waals surface area (Å²) in [6.45, 7) is 16.3. The lowest BCUT2D eigenvalue weighted by Gasteiger charge is -2.41. The molecule has 19 heteroatoms. The number of halogens is 1. The van der Waals surface area contributed by atoms with Gasteiger partial charge in [-0.25, -0.2) is 18.0 Å². The van der Waals surface area contributed by atoms with E-state index in [-0.39, 0.29) is 37.0 Å². The molecule has 0 bridgehead atoms. The zero-order chi connectivity index (χ0) is 44.8. The molecule has 1 heterocycles. The van der Waals surface area contributed by atoms with E-state index in [1.165, 1.54) is 9.88 Å². The Hall–Kier alpha value is -2.62. The van der Waals surface area contributed by atoms with E-state index in [0.717, 1.165) is 82.1 Å². The number of likely N-dealkylation sites (N-methyl/N-ethyl adjacent to an activating group) is 3. The summed E-state index contributed by atoms with van der Waals surface area (Å²) in [6, 6.07) is -0.475. The molecule has 1 saturated heterocycles. The molecule has 356 valence electrons. The first-order valence-electron chi connectivity index (χ1n) is 22.7. The molecule has 0 aromatic rings. The molecule has 1 fully saturated rings. The van der Waals surface area contributed by atoms with Gasteiger partial charge in [-0.1, -0.05) is 55.3 Å². The summed E-state index contributed by atoms with van der Waals surface area (Å²) in [5.74, 6) is 0.474. The standard InChI is InChI=1S/C43H78ClN9O8S/c1-4-46-17-24-58-28-29-59-25-18-49-42(54)47-15-8-21-52(20-7-14-45)22-9-16-48-43(55)50-19-26-60-30-31-61-27-23-53(5-2)62(56,57)39-11-6-10-36(32-39)41-35-51(3)34-37-12-13-38(44)33-40(37)41/h6,10,12-13,32,39-41,46H,4-5,7-9,11,14-31,33-35,45H2,1-3H3,(H2,47,49,54)(H2,48,50,55). The zero-order valence-electron chi connectivity index (χ0n) is 37.7. The van der Waals surface area contributed by atoms with Crippen molar-refractivity contribution in [3.63, 3.8) is 0 Å². The van der Waals surface area contributed by atoms with Crippen molar-refractivity contribution in [2.24, 2.45) is 17.6 Å². The van der Waals surface area contributed by atoms with Gasteiger partial charge in [0.2, 0.25) is 10.0 Å². The van der Waals surface area contributed by atoms with E-state index >= 15 is 0 Å². The highest BCUT2D eigenvalue weighted by Gasteiger charge is 2.37. The van der Waals surface area contributed by atoms with Crippen LogP contribution in [0.4, 0.5) is 9.59 Å². The summed E-state index contributed by atoms with van der Waals surface area (Å²) in [5.41, 5.74) is 8.17. The minimum absolute atomic E-state index is 0.189. The number of likely N-dealkylation sites (tertiary alicyclic amines) is 1. The number of sulfonamides is 1. The number of nitrogens with zero attached hydrogens (tertiary/aromatic N) is 3. The Morgan fingerprint density at radius 2 is 1.37 bits per heavy atom.